The van der Waals surface area contributed by atoms with Gasteiger partial charge in [0, 0.05) is 6.54 Å². The van der Waals surface area contributed by atoms with Gasteiger partial charge in [-0.2, -0.15) is 15.0 Å². The molecule has 7 heteroatoms. The molecule has 2 aromatic rings. The van der Waals surface area contributed by atoms with Crippen LogP contribution in [-0.2, 0) is 0 Å². The van der Waals surface area contributed by atoms with Crippen LogP contribution >= 0.6 is 15.9 Å². The highest BCUT2D eigenvalue weighted by molar-refractivity contribution is 9.10. The number of nitrogens with zero attached hydrogens (tertiary/aromatic N) is 3. The lowest BCUT2D eigenvalue weighted by Gasteiger charge is -2.09. The molecule has 0 unspecified atom stereocenters. The van der Waals surface area contributed by atoms with Crippen molar-refractivity contribution in [1.82, 2.24) is 15.0 Å². The molecule has 1 aromatic heterocycles. The van der Waals surface area contributed by atoms with Crippen LogP contribution in [0, 0.1) is 5.82 Å². The van der Waals surface area contributed by atoms with Gasteiger partial charge in [-0.25, -0.2) is 4.39 Å². The zero-order valence-corrected chi connectivity index (χ0v) is 13.4. The van der Waals surface area contributed by atoms with Gasteiger partial charge in [0.25, 0.3) is 0 Å². The Bertz CT molecular complexity index is 624. The van der Waals surface area contributed by atoms with Gasteiger partial charge in [-0.05, 0) is 41.4 Å². The quantitative estimate of drug-likeness (QED) is 0.857. The molecule has 5 nitrogen and oxygen atoms in total. The molecule has 0 fully saturated rings. The van der Waals surface area contributed by atoms with Crippen LogP contribution in [0.3, 0.4) is 0 Å². The summed E-state index contributed by atoms with van der Waals surface area (Å²) in [6.07, 6.45) is 0.927. The molecular weight excluding hydrogens is 339 g/mol. The van der Waals surface area contributed by atoms with Crippen molar-refractivity contribution in [2.24, 2.45) is 0 Å². The number of halogens is 2. The number of anilines is 1. The predicted octanol–water partition coefficient (Wildman–Crippen LogP) is 3.66. The Morgan fingerprint density at radius 1 is 1.24 bits per heavy atom. The molecule has 0 radical (unpaired) electrons. The van der Waals surface area contributed by atoms with Gasteiger partial charge in [-0.1, -0.05) is 13.0 Å². The number of benzene rings is 1. The van der Waals surface area contributed by atoms with E-state index in [1.54, 1.807) is 18.2 Å². The molecular formula is C14H16BrFN4O. The minimum Gasteiger partial charge on any atom is -0.464 e. The third kappa shape index (κ3) is 3.87. The number of nitrogens with one attached hydrogen (secondary N) is 1. The van der Waals surface area contributed by atoms with Crippen LogP contribution in [0.25, 0.3) is 11.4 Å². The van der Waals surface area contributed by atoms with E-state index in [0.717, 1.165) is 13.0 Å². The Balaban J connectivity index is 2.45. The molecule has 1 aromatic carbocycles. The summed E-state index contributed by atoms with van der Waals surface area (Å²) < 4.78 is 19.9. The van der Waals surface area contributed by atoms with Crippen LogP contribution in [0.1, 0.15) is 20.3 Å². The van der Waals surface area contributed by atoms with Gasteiger partial charge in [-0.15, -0.1) is 0 Å². The topological polar surface area (TPSA) is 59.9 Å². The zero-order chi connectivity index (χ0) is 15.2. The van der Waals surface area contributed by atoms with Crippen LogP contribution in [0.5, 0.6) is 6.01 Å². The van der Waals surface area contributed by atoms with Gasteiger partial charge in [0.2, 0.25) is 5.95 Å². The monoisotopic (exact) mass is 354 g/mol. The van der Waals surface area contributed by atoms with Crippen molar-refractivity contribution in [3.05, 3.63) is 28.5 Å². The molecule has 2 rings (SSSR count). The van der Waals surface area contributed by atoms with E-state index >= 15 is 0 Å². The first kappa shape index (κ1) is 15.6. The second-order valence-electron chi connectivity index (χ2n) is 4.23. The van der Waals surface area contributed by atoms with Gasteiger partial charge in [0.1, 0.15) is 5.82 Å². The fraction of sp³-hybridized carbons (Fsp3) is 0.357. The highest BCUT2D eigenvalue weighted by Gasteiger charge is 2.14. The predicted molar refractivity (Wildman–Crippen MR) is 82.9 cm³/mol. The van der Waals surface area contributed by atoms with Crippen molar-refractivity contribution >= 4 is 21.9 Å². The number of ether oxygens (including phenoxy) is 1. The molecule has 0 saturated heterocycles. The van der Waals surface area contributed by atoms with E-state index in [9.17, 15) is 4.39 Å². The second-order valence-corrected chi connectivity index (χ2v) is 5.08. The molecule has 0 amide bonds. The Morgan fingerprint density at radius 3 is 2.76 bits per heavy atom. The number of aromatic nitrogens is 3. The fourth-order valence-electron chi connectivity index (χ4n) is 1.66. The van der Waals surface area contributed by atoms with E-state index < -0.39 is 5.82 Å². The summed E-state index contributed by atoms with van der Waals surface area (Å²) in [5.41, 5.74) is 0.298. The summed E-state index contributed by atoms with van der Waals surface area (Å²) in [6, 6.07) is 5.15. The lowest BCUT2D eigenvalue weighted by atomic mass is 10.2. The highest BCUT2D eigenvalue weighted by atomic mass is 79.9. The minimum absolute atomic E-state index is 0.181. The van der Waals surface area contributed by atoms with Crippen molar-refractivity contribution < 1.29 is 9.13 Å². The van der Waals surface area contributed by atoms with Gasteiger partial charge in [0.15, 0.2) is 5.82 Å². The van der Waals surface area contributed by atoms with E-state index in [1.165, 1.54) is 0 Å². The molecule has 21 heavy (non-hydrogen) atoms. The maximum absolute atomic E-state index is 14.2. The first-order chi connectivity index (χ1) is 10.2. The SMILES string of the molecule is CCCNc1nc(OCC)nc(-c2cccc(Br)c2F)n1. The lowest BCUT2D eigenvalue weighted by molar-refractivity contribution is 0.312. The van der Waals surface area contributed by atoms with E-state index in [0.29, 0.717) is 22.6 Å². The third-order valence-corrected chi connectivity index (χ3v) is 3.23. The molecule has 0 spiro atoms. The van der Waals surface area contributed by atoms with Crippen molar-refractivity contribution in [2.75, 3.05) is 18.5 Å². The van der Waals surface area contributed by atoms with Crippen molar-refractivity contribution in [2.45, 2.75) is 20.3 Å². The Kier molecular flexibility index (Phi) is 5.44. The zero-order valence-electron chi connectivity index (χ0n) is 11.9. The van der Waals surface area contributed by atoms with Crippen LogP contribution in [0.4, 0.5) is 10.3 Å². The smallest absolute Gasteiger partial charge is 0.321 e. The van der Waals surface area contributed by atoms with Crippen molar-refractivity contribution in [3.8, 4) is 17.4 Å². The van der Waals surface area contributed by atoms with Gasteiger partial charge in [-0.3, -0.25) is 0 Å². The molecule has 0 atom stereocenters. The second kappa shape index (κ2) is 7.31. The maximum atomic E-state index is 14.2. The van der Waals surface area contributed by atoms with Gasteiger partial charge in [0.05, 0.1) is 16.6 Å². The first-order valence-electron chi connectivity index (χ1n) is 6.72. The fourth-order valence-corrected chi connectivity index (χ4v) is 2.03. The van der Waals surface area contributed by atoms with Crippen LogP contribution in [0.15, 0.2) is 22.7 Å². The molecule has 0 aliphatic heterocycles. The molecule has 0 bridgehead atoms. The van der Waals surface area contributed by atoms with E-state index in [-0.39, 0.29) is 11.8 Å². The molecule has 0 aliphatic rings. The number of rotatable bonds is 6. The standard InChI is InChI=1S/C14H16BrFN4O/c1-3-8-17-13-18-12(19-14(20-13)21-4-2)9-6-5-7-10(15)11(9)16/h5-7H,3-4,8H2,1-2H3,(H,17,18,19,20). The molecule has 1 N–H and O–H groups in total. The Labute approximate surface area is 131 Å². The maximum Gasteiger partial charge on any atom is 0.321 e. The summed E-state index contributed by atoms with van der Waals surface area (Å²) in [5.74, 6) is 0.211. The normalized spacial score (nSPS) is 10.5. The van der Waals surface area contributed by atoms with Crippen molar-refractivity contribution in [3.63, 3.8) is 0 Å². The summed E-state index contributed by atoms with van der Waals surface area (Å²) in [6.45, 7) is 5.02. The molecule has 0 saturated carbocycles. The van der Waals surface area contributed by atoms with E-state index in [4.69, 9.17) is 4.74 Å². The average molecular weight is 355 g/mol. The number of hydrogen-bond donors (Lipinski definition) is 1. The summed E-state index contributed by atoms with van der Waals surface area (Å²) >= 11 is 3.16. The molecule has 1 heterocycles. The van der Waals surface area contributed by atoms with Crippen LogP contribution < -0.4 is 10.1 Å². The van der Waals surface area contributed by atoms with E-state index in [2.05, 4.69) is 36.2 Å². The highest BCUT2D eigenvalue weighted by Crippen LogP contribution is 2.26. The van der Waals surface area contributed by atoms with Crippen LogP contribution in [-0.4, -0.2) is 28.1 Å². The largest absolute Gasteiger partial charge is 0.464 e. The summed E-state index contributed by atoms with van der Waals surface area (Å²) in [7, 11) is 0. The lowest BCUT2D eigenvalue weighted by Crippen LogP contribution is -2.09. The van der Waals surface area contributed by atoms with Gasteiger partial charge >= 0.3 is 6.01 Å². The van der Waals surface area contributed by atoms with Crippen molar-refractivity contribution in [1.29, 1.82) is 0 Å². The third-order valence-electron chi connectivity index (χ3n) is 2.61. The first-order valence-corrected chi connectivity index (χ1v) is 7.52. The Morgan fingerprint density at radius 2 is 2.05 bits per heavy atom. The minimum atomic E-state index is -0.410. The molecule has 0 aliphatic carbocycles. The molecule has 112 valence electrons. The summed E-state index contributed by atoms with van der Waals surface area (Å²) in [5, 5.41) is 3.06. The van der Waals surface area contributed by atoms with Crippen LogP contribution in [0.2, 0.25) is 0 Å². The Hall–Kier alpha value is -1.76. The van der Waals surface area contributed by atoms with Gasteiger partial charge < -0.3 is 10.1 Å². The number of hydrogen-bond acceptors (Lipinski definition) is 5. The average Bonchev–Trinajstić information content (AvgIpc) is 2.48. The van der Waals surface area contributed by atoms with E-state index in [1.807, 2.05) is 13.8 Å². The summed E-state index contributed by atoms with van der Waals surface area (Å²) in [4.78, 5) is 12.6.